The first-order chi connectivity index (χ1) is 8.95. The van der Waals surface area contributed by atoms with Gasteiger partial charge in [0.2, 0.25) is 0 Å². The van der Waals surface area contributed by atoms with Crippen LogP contribution in [0.1, 0.15) is 32.9 Å². The van der Waals surface area contributed by atoms with Gasteiger partial charge in [0.15, 0.2) is 0 Å². The van der Waals surface area contributed by atoms with Crippen LogP contribution in [0.25, 0.3) is 0 Å². The van der Waals surface area contributed by atoms with Crippen molar-refractivity contribution in [3.8, 4) is 0 Å². The molecule has 0 saturated heterocycles. The van der Waals surface area contributed by atoms with E-state index in [1.54, 1.807) is 19.0 Å². The SMILES string of the molecule is COC(=O)c1c(N(C)C)sc(C(=O)NC2CC2)c1N. The monoisotopic (exact) mass is 283 g/mol. The maximum Gasteiger partial charge on any atom is 0.343 e. The maximum absolute atomic E-state index is 12.1. The van der Waals surface area contributed by atoms with E-state index in [0.717, 1.165) is 12.8 Å². The minimum Gasteiger partial charge on any atom is -0.465 e. The number of esters is 1. The highest BCUT2D eigenvalue weighted by Gasteiger charge is 2.30. The lowest BCUT2D eigenvalue weighted by Crippen LogP contribution is -2.25. The number of nitrogens with one attached hydrogen (secondary N) is 1. The molecular formula is C12H17N3O3S. The predicted octanol–water partition coefficient (Wildman–Crippen LogP) is 1.08. The number of hydrogen-bond acceptors (Lipinski definition) is 6. The molecule has 6 nitrogen and oxygen atoms in total. The molecule has 7 heteroatoms. The smallest absolute Gasteiger partial charge is 0.343 e. The lowest BCUT2D eigenvalue weighted by atomic mass is 10.2. The van der Waals surface area contributed by atoms with E-state index in [2.05, 4.69) is 5.32 Å². The van der Waals surface area contributed by atoms with E-state index in [4.69, 9.17) is 10.5 Å². The first-order valence-corrected chi connectivity index (χ1v) is 6.76. The molecule has 1 aromatic rings. The third-order valence-corrected chi connectivity index (χ3v) is 4.21. The van der Waals surface area contributed by atoms with Gasteiger partial charge in [-0.25, -0.2) is 4.79 Å². The molecule has 3 N–H and O–H groups in total. The number of nitrogens with zero attached hydrogens (tertiary/aromatic N) is 1. The minimum absolute atomic E-state index is 0.193. The topological polar surface area (TPSA) is 84.7 Å². The van der Waals surface area contributed by atoms with Crippen LogP contribution >= 0.6 is 11.3 Å². The third kappa shape index (κ3) is 2.65. The largest absolute Gasteiger partial charge is 0.465 e. The number of carbonyl (C=O) groups is 2. The Morgan fingerprint density at radius 1 is 1.42 bits per heavy atom. The molecule has 1 saturated carbocycles. The van der Waals surface area contributed by atoms with Gasteiger partial charge in [0.1, 0.15) is 15.4 Å². The second kappa shape index (κ2) is 5.08. The lowest BCUT2D eigenvalue weighted by molar-refractivity contribution is 0.0603. The van der Waals surface area contributed by atoms with Gasteiger partial charge in [-0.15, -0.1) is 11.3 Å². The number of hydrogen-bond donors (Lipinski definition) is 2. The van der Waals surface area contributed by atoms with E-state index < -0.39 is 5.97 Å². The molecule has 0 unspecified atom stereocenters. The molecule has 0 radical (unpaired) electrons. The van der Waals surface area contributed by atoms with Gasteiger partial charge in [-0.1, -0.05) is 0 Å². The molecule has 0 atom stereocenters. The van der Waals surface area contributed by atoms with Crippen LogP contribution in [0.5, 0.6) is 0 Å². The average molecular weight is 283 g/mol. The lowest BCUT2D eigenvalue weighted by Gasteiger charge is -2.11. The number of methoxy groups -OCH3 is 1. The van der Waals surface area contributed by atoms with E-state index in [1.165, 1.54) is 18.4 Å². The summed E-state index contributed by atoms with van der Waals surface area (Å²) >= 11 is 1.20. The second-order valence-electron chi connectivity index (χ2n) is 4.66. The van der Waals surface area contributed by atoms with Crippen LogP contribution in [0.2, 0.25) is 0 Å². The number of anilines is 2. The summed E-state index contributed by atoms with van der Waals surface area (Å²) in [5, 5.41) is 3.50. The molecule has 1 aliphatic rings. The molecule has 1 aliphatic carbocycles. The van der Waals surface area contributed by atoms with Gasteiger partial charge in [-0.2, -0.15) is 0 Å². The molecule has 1 heterocycles. The van der Waals surface area contributed by atoms with Crippen LogP contribution in [-0.4, -0.2) is 39.1 Å². The summed E-state index contributed by atoms with van der Waals surface area (Å²) in [4.78, 5) is 26.0. The highest BCUT2D eigenvalue weighted by Crippen LogP contribution is 2.38. The molecule has 0 aromatic carbocycles. The molecule has 0 aliphatic heterocycles. The summed E-state index contributed by atoms with van der Waals surface area (Å²) in [7, 11) is 4.88. The first-order valence-electron chi connectivity index (χ1n) is 5.94. The number of ether oxygens (including phenoxy) is 1. The van der Waals surface area contributed by atoms with Crippen molar-refractivity contribution in [2.75, 3.05) is 31.8 Å². The van der Waals surface area contributed by atoms with Crippen molar-refractivity contribution >= 4 is 33.9 Å². The Balaban J connectivity index is 2.38. The quantitative estimate of drug-likeness (QED) is 0.808. The highest BCUT2D eigenvalue weighted by molar-refractivity contribution is 7.19. The predicted molar refractivity (Wildman–Crippen MR) is 74.9 cm³/mol. The van der Waals surface area contributed by atoms with E-state index in [1.807, 2.05) is 0 Å². The first kappa shape index (κ1) is 13.7. The second-order valence-corrected chi connectivity index (χ2v) is 5.66. The summed E-state index contributed by atoms with van der Waals surface area (Å²) < 4.78 is 4.72. The summed E-state index contributed by atoms with van der Waals surface area (Å²) in [6.07, 6.45) is 2.00. The summed E-state index contributed by atoms with van der Waals surface area (Å²) in [5.74, 6) is -0.744. The van der Waals surface area contributed by atoms with Gasteiger partial charge in [0, 0.05) is 20.1 Å². The van der Waals surface area contributed by atoms with Crippen molar-refractivity contribution in [3.05, 3.63) is 10.4 Å². The van der Waals surface area contributed by atoms with Crippen molar-refractivity contribution in [2.24, 2.45) is 0 Å². The fraction of sp³-hybridized carbons (Fsp3) is 0.500. The highest BCUT2D eigenvalue weighted by atomic mass is 32.1. The zero-order chi connectivity index (χ0) is 14.2. The van der Waals surface area contributed by atoms with Gasteiger partial charge in [0.25, 0.3) is 5.91 Å². The van der Waals surface area contributed by atoms with Crippen LogP contribution in [0.3, 0.4) is 0 Å². The van der Waals surface area contributed by atoms with Crippen molar-refractivity contribution in [1.82, 2.24) is 5.32 Å². The third-order valence-electron chi connectivity index (χ3n) is 2.84. The van der Waals surface area contributed by atoms with Crippen LogP contribution in [0.15, 0.2) is 0 Å². The van der Waals surface area contributed by atoms with Crippen molar-refractivity contribution in [1.29, 1.82) is 0 Å². The Hall–Kier alpha value is -1.76. The Morgan fingerprint density at radius 3 is 2.53 bits per heavy atom. The molecule has 104 valence electrons. The van der Waals surface area contributed by atoms with E-state index in [-0.39, 0.29) is 23.2 Å². The molecule has 1 amide bonds. The normalized spacial score (nSPS) is 14.1. The molecule has 2 rings (SSSR count). The number of amides is 1. The van der Waals surface area contributed by atoms with Crippen molar-refractivity contribution in [3.63, 3.8) is 0 Å². The van der Waals surface area contributed by atoms with E-state index in [0.29, 0.717) is 9.88 Å². The summed E-state index contributed by atoms with van der Waals surface area (Å²) in [6.45, 7) is 0. The fourth-order valence-electron chi connectivity index (χ4n) is 1.69. The molecule has 0 spiro atoms. The standard InChI is InChI=1S/C12H17N3O3S/c1-15(2)11-7(12(17)18-3)8(13)9(19-11)10(16)14-6-4-5-6/h6H,4-5,13H2,1-3H3,(H,14,16). The van der Waals surface area contributed by atoms with Gasteiger partial charge >= 0.3 is 5.97 Å². The van der Waals surface area contributed by atoms with Crippen LogP contribution in [-0.2, 0) is 4.74 Å². The number of nitrogens with two attached hydrogens (primary N) is 1. The number of nitrogen functional groups attached to an aromatic ring is 1. The number of carbonyl (C=O) groups excluding carboxylic acids is 2. The average Bonchev–Trinajstić information content (AvgIpc) is 3.09. The Morgan fingerprint density at radius 2 is 2.05 bits per heavy atom. The van der Waals surface area contributed by atoms with E-state index >= 15 is 0 Å². The Labute approximate surface area is 115 Å². The molecule has 19 heavy (non-hydrogen) atoms. The summed E-state index contributed by atoms with van der Waals surface area (Å²) in [5.41, 5.74) is 6.39. The molecule has 0 bridgehead atoms. The van der Waals surface area contributed by atoms with Crippen LogP contribution in [0, 0.1) is 0 Å². The molecule has 1 fully saturated rings. The molecule has 1 aromatic heterocycles. The zero-order valence-corrected chi connectivity index (χ0v) is 12.0. The maximum atomic E-state index is 12.1. The number of thiophene rings is 1. The van der Waals surface area contributed by atoms with Crippen molar-refractivity contribution < 1.29 is 14.3 Å². The Kier molecular flexibility index (Phi) is 3.66. The van der Waals surface area contributed by atoms with E-state index in [9.17, 15) is 9.59 Å². The van der Waals surface area contributed by atoms with Crippen LogP contribution < -0.4 is 16.0 Å². The fourth-order valence-corrected chi connectivity index (χ4v) is 2.73. The number of rotatable bonds is 4. The zero-order valence-electron chi connectivity index (χ0n) is 11.1. The van der Waals surface area contributed by atoms with Gasteiger partial charge in [-0.05, 0) is 12.8 Å². The molecular weight excluding hydrogens is 266 g/mol. The minimum atomic E-state index is -0.525. The Bertz CT molecular complexity index is 521. The van der Waals surface area contributed by atoms with Crippen molar-refractivity contribution in [2.45, 2.75) is 18.9 Å². The summed E-state index contributed by atoms with van der Waals surface area (Å²) in [6, 6.07) is 0.249. The van der Waals surface area contributed by atoms with Gasteiger partial charge in [0.05, 0.1) is 12.8 Å². The van der Waals surface area contributed by atoms with Crippen LogP contribution in [0.4, 0.5) is 10.7 Å². The van der Waals surface area contributed by atoms with Gasteiger partial charge in [-0.3, -0.25) is 4.79 Å². The van der Waals surface area contributed by atoms with Gasteiger partial charge < -0.3 is 20.7 Å².